The summed E-state index contributed by atoms with van der Waals surface area (Å²) in [4.78, 5) is 9.64. The van der Waals surface area contributed by atoms with Crippen LogP contribution in [0.3, 0.4) is 0 Å². The van der Waals surface area contributed by atoms with Gasteiger partial charge >= 0.3 is 12.4 Å². The van der Waals surface area contributed by atoms with Gasteiger partial charge in [0, 0.05) is 12.4 Å². The monoisotopic (exact) mass is 453 g/mol. The van der Waals surface area contributed by atoms with Crippen molar-refractivity contribution in [2.45, 2.75) is 18.4 Å². The Kier molecular flexibility index (Phi) is 5.39. The summed E-state index contributed by atoms with van der Waals surface area (Å²) < 4.78 is 94.9. The molecule has 1 aromatic heterocycles. The average Bonchev–Trinajstić information content (AvgIpc) is 2.73. The number of hydrogen-bond donors (Lipinski definition) is 0. The number of halogens is 7. The Labute approximate surface area is 177 Å². The summed E-state index contributed by atoms with van der Waals surface area (Å²) in [5, 5.41) is 0. The van der Waals surface area contributed by atoms with Crippen LogP contribution in [-0.4, -0.2) is 17.7 Å². The molecule has 0 radical (unpaired) electrons. The van der Waals surface area contributed by atoms with E-state index in [1.54, 1.807) is 24.3 Å². The summed E-state index contributed by atoms with van der Waals surface area (Å²) in [5.74, 6) is -1.58. The Hall–Kier alpha value is -3.43. The van der Waals surface area contributed by atoms with Gasteiger partial charge in [0.15, 0.2) is 0 Å². The molecule has 2 heterocycles. The number of benzene rings is 2. The summed E-state index contributed by atoms with van der Waals surface area (Å²) in [6.07, 6.45) is -7.10. The first-order valence-corrected chi connectivity index (χ1v) is 9.34. The van der Waals surface area contributed by atoms with E-state index < -0.39 is 41.0 Å². The van der Waals surface area contributed by atoms with E-state index in [0.29, 0.717) is 23.5 Å². The average molecular weight is 453 g/mol. The lowest BCUT2D eigenvalue weighted by Gasteiger charge is -2.36. The molecule has 0 N–H and O–H groups in total. The fourth-order valence-corrected chi connectivity index (χ4v) is 3.68. The van der Waals surface area contributed by atoms with E-state index in [9.17, 15) is 30.7 Å². The predicted octanol–water partition coefficient (Wildman–Crippen LogP) is 6.57. The third-order valence-corrected chi connectivity index (χ3v) is 5.03. The maximum atomic E-state index is 14.4. The molecule has 4 rings (SSSR count). The van der Waals surface area contributed by atoms with E-state index in [2.05, 4.69) is 9.98 Å². The van der Waals surface area contributed by atoms with Crippen LogP contribution in [0.5, 0.6) is 0 Å². The molecule has 1 atom stereocenters. The lowest BCUT2D eigenvalue weighted by Crippen LogP contribution is -2.35. The number of alkyl halides is 6. The molecule has 10 heteroatoms. The number of hydrogen-bond acceptors (Lipinski definition) is 3. The van der Waals surface area contributed by atoms with E-state index >= 15 is 0 Å². The lowest BCUT2D eigenvalue weighted by atomic mass is 9.95. The SMILES string of the molecule is Fc1cc([C@@H](c2ncccc2C(F)(F)F)N2CC=Nc3ccccc32)ccc1C(F)(F)F. The quantitative estimate of drug-likeness (QED) is 0.420. The zero-order valence-electron chi connectivity index (χ0n) is 16.1. The van der Waals surface area contributed by atoms with Crippen LogP contribution in [0, 0.1) is 5.82 Å². The van der Waals surface area contributed by atoms with Crippen molar-refractivity contribution in [2.24, 2.45) is 4.99 Å². The minimum atomic E-state index is -4.94. The summed E-state index contributed by atoms with van der Waals surface area (Å²) in [7, 11) is 0. The summed E-state index contributed by atoms with van der Waals surface area (Å²) >= 11 is 0. The van der Waals surface area contributed by atoms with Crippen molar-refractivity contribution in [1.82, 2.24) is 4.98 Å². The second-order valence-corrected chi connectivity index (χ2v) is 7.03. The van der Waals surface area contributed by atoms with Gasteiger partial charge in [-0.05, 0) is 42.0 Å². The van der Waals surface area contributed by atoms with E-state index in [1.165, 1.54) is 11.1 Å². The molecule has 2 aromatic carbocycles. The highest BCUT2D eigenvalue weighted by Crippen LogP contribution is 2.43. The zero-order valence-corrected chi connectivity index (χ0v) is 16.1. The van der Waals surface area contributed by atoms with Gasteiger partial charge in [-0.15, -0.1) is 0 Å². The number of anilines is 1. The van der Waals surface area contributed by atoms with Crippen LogP contribution >= 0.6 is 0 Å². The predicted molar refractivity (Wildman–Crippen MR) is 104 cm³/mol. The first-order chi connectivity index (χ1) is 15.1. The minimum absolute atomic E-state index is 0.0399. The van der Waals surface area contributed by atoms with Crippen molar-refractivity contribution in [3.05, 3.63) is 89.0 Å². The second-order valence-electron chi connectivity index (χ2n) is 7.03. The number of rotatable bonds is 3. The lowest BCUT2D eigenvalue weighted by molar-refractivity contribution is -0.140. The zero-order chi connectivity index (χ0) is 23.1. The number of aliphatic imine (C=N–C) groups is 1. The molecule has 3 aromatic rings. The number of para-hydroxylation sites is 2. The first kappa shape index (κ1) is 21.8. The number of nitrogens with zero attached hydrogens (tertiary/aromatic N) is 3. The van der Waals surface area contributed by atoms with Gasteiger partial charge in [-0.2, -0.15) is 26.3 Å². The fraction of sp³-hybridized carbons (Fsp3) is 0.182. The van der Waals surface area contributed by atoms with Gasteiger partial charge in [-0.3, -0.25) is 9.98 Å². The smallest absolute Gasteiger partial charge is 0.352 e. The normalized spacial score (nSPS) is 14.9. The van der Waals surface area contributed by atoms with Crippen LogP contribution in [0.2, 0.25) is 0 Å². The number of pyridine rings is 1. The van der Waals surface area contributed by atoms with Crippen LogP contribution in [0.1, 0.15) is 28.4 Å². The molecule has 0 amide bonds. The molecular weight excluding hydrogens is 439 g/mol. The number of aromatic nitrogens is 1. The maximum Gasteiger partial charge on any atom is 0.419 e. The molecular formula is C22H14F7N3. The third-order valence-electron chi connectivity index (χ3n) is 5.03. The van der Waals surface area contributed by atoms with Crippen molar-refractivity contribution in [3.8, 4) is 0 Å². The molecule has 32 heavy (non-hydrogen) atoms. The summed E-state index contributed by atoms with van der Waals surface area (Å²) in [6, 6.07) is 9.34. The molecule has 0 saturated carbocycles. The standard InChI is InChI=1S/C22H14F7N3/c23-16-12-13(7-8-14(16)21(24,25)26)20(19-15(22(27,28)29)4-3-9-31-19)32-11-10-30-17-5-1-2-6-18(17)32/h1-10,12,20H,11H2/t20-/m0/s1. The summed E-state index contributed by atoms with van der Waals surface area (Å²) in [6.45, 7) is 0.0399. The highest BCUT2D eigenvalue weighted by atomic mass is 19.4. The van der Waals surface area contributed by atoms with Crippen molar-refractivity contribution < 1.29 is 30.7 Å². The Morgan fingerprint density at radius 1 is 0.844 bits per heavy atom. The molecule has 0 fully saturated rings. The van der Waals surface area contributed by atoms with Crippen molar-refractivity contribution >= 4 is 17.6 Å². The number of fused-ring (bicyclic) bond motifs is 1. The molecule has 0 bridgehead atoms. The van der Waals surface area contributed by atoms with Gasteiger partial charge in [0.2, 0.25) is 0 Å². The Morgan fingerprint density at radius 3 is 2.25 bits per heavy atom. The van der Waals surface area contributed by atoms with Crippen LogP contribution in [-0.2, 0) is 12.4 Å². The highest BCUT2D eigenvalue weighted by Gasteiger charge is 2.40. The van der Waals surface area contributed by atoms with Crippen LogP contribution in [0.4, 0.5) is 42.1 Å². The largest absolute Gasteiger partial charge is 0.419 e. The topological polar surface area (TPSA) is 28.5 Å². The molecule has 0 spiro atoms. The van der Waals surface area contributed by atoms with Gasteiger partial charge in [0.1, 0.15) is 5.82 Å². The van der Waals surface area contributed by atoms with Crippen molar-refractivity contribution in [3.63, 3.8) is 0 Å². The Bertz CT molecular complexity index is 1170. The van der Waals surface area contributed by atoms with E-state index in [0.717, 1.165) is 24.4 Å². The van der Waals surface area contributed by atoms with E-state index in [4.69, 9.17) is 0 Å². The minimum Gasteiger partial charge on any atom is -0.352 e. The molecule has 0 aliphatic carbocycles. The summed E-state index contributed by atoms with van der Waals surface area (Å²) in [5.41, 5.74) is -2.23. The molecule has 1 aliphatic rings. The fourth-order valence-electron chi connectivity index (χ4n) is 3.68. The highest BCUT2D eigenvalue weighted by molar-refractivity contribution is 5.82. The Balaban J connectivity index is 1.94. The van der Waals surface area contributed by atoms with E-state index in [1.807, 2.05) is 0 Å². The third kappa shape index (κ3) is 4.04. The molecule has 0 unspecified atom stereocenters. The van der Waals surface area contributed by atoms with E-state index in [-0.39, 0.29) is 12.1 Å². The van der Waals surface area contributed by atoms with Crippen molar-refractivity contribution in [1.29, 1.82) is 0 Å². The van der Waals surface area contributed by atoms with Crippen molar-refractivity contribution in [2.75, 3.05) is 11.4 Å². The first-order valence-electron chi connectivity index (χ1n) is 9.34. The van der Waals surface area contributed by atoms with Gasteiger partial charge < -0.3 is 4.90 Å². The van der Waals surface area contributed by atoms with Gasteiger partial charge in [0.05, 0.1) is 40.8 Å². The maximum absolute atomic E-state index is 14.4. The van der Waals surface area contributed by atoms with Crippen LogP contribution in [0.25, 0.3) is 0 Å². The van der Waals surface area contributed by atoms with Crippen LogP contribution < -0.4 is 4.90 Å². The Morgan fingerprint density at radius 2 is 1.56 bits per heavy atom. The molecule has 1 aliphatic heterocycles. The molecule has 3 nitrogen and oxygen atoms in total. The van der Waals surface area contributed by atoms with Gasteiger partial charge in [0.25, 0.3) is 0 Å². The van der Waals surface area contributed by atoms with Crippen LogP contribution in [0.15, 0.2) is 65.8 Å². The molecule has 0 saturated heterocycles. The second kappa shape index (κ2) is 7.92. The van der Waals surface area contributed by atoms with Gasteiger partial charge in [-0.1, -0.05) is 18.2 Å². The molecule has 166 valence electrons. The van der Waals surface area contributed by atoms with Gasteiger partial charge in [-0.25, -0.2) is 4.39 Å².